The van der Waals surface area contributed by atoms with E-state index in [2.05, 4.69) is 0 Å². The van der Waals surface area contributed by atoms with Gasteiger partial charge in [-0.3, -0.25) is 4.79 Å². The summed E-state index contributed by atoms with van der Waals surface area (Å²) in [5, 5.41) is 10.0. The molecule has 0 atom stereocenters. The van der Waals surface area contributed by atoms with Crippen LogP contribution in [-0.4, -0.2) is 32.2 Å². The van der Waals surface area contributed by atoms with Crippen molar-refractivity contribution < 1.29 is 24.1 Å². The molecule has 0 aliphatic heterocycles. The third kappa shape index (κ3) is 2.27. The normalized spacial score (nSPS) is 9.88. The SMILES string of the molecule is CCC(=O)c1c(OC)cc(OC)c(OC)c1O. The van der Waals surface area contributed by atoms with Crippen LogP contribution in [0.5, 0.6) is 23.0 Å². The Labute approximate surface area is 99.9 Å². The second-order valence-corrected chi connectivity index (χ2v) is 3.31. The van der Waals surface area contributed by atoms with E-state index in [1.807, 2.05) is 0 Å². The van der Waals surface area contributed by atoms with Crippen molar-refractivity contribution >= 4 is 5.78 Å². The van der Waals surface area contributed by atoms with Gasteiger partial charge in [-0.1, -0.05) is 6.92 Å². The van der Waals surface area contributed by atoms with Crippen LogP contribution in [0.25, 0.3) is 0 Å². The first-order chi connectivity index (χ1) is 8.10. The van der Waals surface area contributed by atoms with Gasteiger partial charge in [0.2, 0.25) is 5.75 Å². The van der Waals surface area contributed by atoms with E-state index in [-0.39, 0.29) is 35.0 Å². The van der Waals surface area contributed by atoms with Crippen LogP contribution in [0.4, 0.5) is 0 Å². The highest BCUT2D eigenvalue weighted by Gasteiger charge is 2.23. The molecule has 0 saturated carbocycles. The zero-order valence-corrected chi connectivity index (χ0v) is 10.4. The highest BCUT2D eigenvalue weighted by atomic mass is 16.5. The highest BCUT2D eigenvalue weighted by molar-refractivity contribution is 6.02. The van der Waals surface area contributed by atoms with Crippen LogP contribution in [0.1, 0.15) is 23.7 Å². The zero-order chi connectivity index (χ0) is 13.0. The van der Waals surface area contributed by atoms with Gasteiger partial charge in [0.1, 0.15) is 11.3 Å². The molecule has 0 aromatic heterocycles. The van der Waals surface area contributed by atoms with Crippen molar-refractivity contribution in [3.8, 4) is 23.0 Å². The van der Waals surface area contributed by atoms with Crippen molar-refractivity contribution in [2.75, 3.05) is 21.3 Å². The molecule has 94 valence electrons. The van der Waals surface area contributed by atoms with E-state index < -0.39 is 0 Å². The lowest BCUT2D eigenvalue weighted by atomic mass is 10.1. The standard InChI is InChI=1S/C12H16O5/c1-5-7(13)10-8(15-2)6-9(16-3)12(17-4)11(10)14/h6,14H,5H2,1-4H3. The number of ether oxygens (including phenoxy) is 3. The van der Waals surface area contributed by atoms with E-state index in [1.165, 1.54) is 27.4 Å². The molecule has 0 fully saturated rings. The van der Waals surface area contributed by atoms with Gasteiger partial charge in [0.15, 0.2) is 17.3 Å². The number of rotatable bonds is 5. The second kappa shape index (κ2) is 5.43. The molecule has 5 heteroatoms. The van der Waals surface area contributed by atoms with E-state index in [0.717, 1.165) is 0 Å². The Morgan fingerprint density at radius 1 is 1.18 bits per heavy atom. The molecule has 0 saturated heterocycles. The third-order valence-corrected chi connectivity index (χ3v) is 2.43. The Balaban J connectivity index is 3.52. The molecule has 1 N–H and O–H groups in total. The Hall–Kier alpha value is -1.91. The van der Waals surface area contributed by atoms with Crippen LogP contribution < -0.4 is 14.2 Å². The van der Waals surface area contributed by atoms with Crippen molar-refractivity contribution in [3.63, 3.8) is 0 Å². The fourth-order valence-corrected chi connectivity index (χ4v) is 1.56. The van der Waals surface area contributed by atoms with Crippen molar-refractivity contribution in [3.05, 3.63) is 11.6 Å². The molecule has 0 heterocycles. The number of carbonyl (C=O) groups excluding carboxylic acids is 1. The number of benzene rings is 1. The van der Waals surface area contributed by atoms with Gasteiger partial charge in [-0.05, 0) is 0 Å². The first kappa shape index (κ1) is 13.2. The maximum Gasteiger partial charge on any atom is 0.204 e. The Morgan fingerprint density at radius 3 is 2.18 bits per heavy atom. The third-order valence-electron chi connectivity index (χ3n) is 2.43. The van der Waals surface area contributed by atoms with E-state index in [4.69, 9.17) is 14.2 Å². The number of aromatic hydroxyl groups is 1. The first-order valence-electron chi connectivity index (χ1n) is 5.15. The molecule has 0 radical (unpaired) electrons. The number of ketones is 1. The summed E-state index contributed by atoms with van der Waals surface area (Å²) in [4.78, 5) is 11.7. The number of hydrogen-bond acceptors (Lipinski definition) is 5. The van der Waals surface area contributed by atoms with Crippen LogP contribution in [0.15, 0.2) is 6.07 Å². The van der Waals surface area contributed by atoms with Crippen molar-refractivity contribution in [2.24, 2.45) is 0 Å². The lowest BCUT2D eigenvalue weighted by molar-refractivity contribution is 0.0981. The maximum atomic E-state index is 11.7. The highest BCUT2D eigenvalue weighted by Crippen LogP contribution is 2.44. The quantitative estimate of drug-likeness (QED) is 0.797. The smallest absolute Gasteiger partial charge is 0.204 e. The monoisotopic (exact) mass is 240 g/mol. The minimum absolute atomic E-state index is 0.118. The van der Waals surface area contributed by atoms with E-state index in [9.17, 15) is 9.90 Å². The largest absolute Gasteiger partial charge is 0.504 e. The van der Waals surface area contributed by atoms with E-state index >= 15 is 0 Å². The molecule has 0 bridgehead atoms. The topological polar surface area (TPSA) is 65.0 Å². The number of phenols is 1. The van der Waals surface area contributed by atoms with Gasteiger partial charge in [0.25, 0.3) is 0 Å². The first-order valence-corrected chi connectivity index (χ1v) is 5.15. The second-order valence-electron chi connectivity index (χ2n) is 3.31. The van der Waals surface area contributed by atoms with Gasteiger partial charge in [-0.15, -0.1) is 0 Å². The van der Waals surface area contributed by atoms with E-state index in [1.54, 1.807) is 6.92 Å². The minimum Gasteiger partial charge on any atom is -0.504 e. The van der Waals surface area contributed by atoms with Crippen LogP contribution in [-0.2, 0) is 0 Å². The summed E-state index contributed by atoms with van der Waals surface area (Å²) < 4.78 is 15.1. The Bertz CT molecular complexity index is 425. The van der Waals surface area contributed by atoms with Crippen LogP contribution in [0, 0.1) is 0 Å². The van der Waals surface area contributed by atoms with Crippen LogP contribution in [0.3, 0.4) is 0 Å². The number of methoxy groups -OCH3 is 3. The molecule has 1 aromatic carbocycles. The molecule has 1 aromatic rings. The minimum atomic E-state index is -0.254. The van der Waals surface area contributed by atoms with Gasteiger partial charge < -0.3 is 19.3 Å². The number of carbonyl (C=O) groups is 1. The lowest BCUT2D eigenvalue weighted by Gasteiger charge is -2.15. The zero-order valence-electron chi connectivity index (χ0n) is 10.4. The fourth-order valence-electron chi connectivity index (χ4n) is 1.56. The fraction of sp³-hybridized carbons (Fsp3) is 0.417. The van der Waals surface area contributed by atoms with Crippen molar-refractivity contribution in [2.45, 2.75) is 13.3 Å². The number of phenolic OH excluding ortho intramolecular Hbond substituents is 1. The van der Waals surface area contributed by atoms with Gasteiger partial charge in [-0.2, -0.15) is 0 Å². The summed E-state index contributed by atoms with van der Waals surface area (Å²) in [7, 11) is 4.26. The van der Waals surface area contributed by atoms with Crippen LogP contribution in [0.2, 0.25) is 0 Å². The van der Waals surface area contributed by atoms with Gasteiger partial charge in [0, 0.05) is 12.5 Å². The maximum absolute atomic E-state index is 11.7. The van der Waals surface area contributed by atoms with Gasteiger partial charge in [0.05, 0.1) is 21.3 Å². The lowest BCUT2D eigenvalue weighted by Crippen LogP contribution is -2.03. The molecule has 0 unspecified atom stereocenters. The molecule has 17 heavy (non-hydrogen) atoms. The van der Waals surface area contributed by atoms with Crippen LogP contribution >= 0.6 is 0 Å². The summed E-state index contributed by atoms with van der Waals surface area (Å²) in [6.45, 7) is 1.71. The van der Waals surface area contributed by atoms with Crippen molar-refractivity contribution in [1.29, 1.82) is 0 Å². The average Bonchev–Trinajstić information content (AvgIpc) is 2.36. The molecular weight excluding hydrogens is 224 g/mol. The molecule has 0 aliphatic rings. The van der Waals surface area contributed by atoms with E-state index in [0.29, 0.717) is 5.75 Å². The summed E-state index contributed by atoms with van der Waals surface area (Å²) in [6.07, 6.45) is 0.263. The number of Topliss-reactive ketones (excluding diaryl/α,β-unsaturated/α-hetero) is 1. The van der Waals surface area contributed by atoms with Gasteiger partial charge in [-0.25, -0.2) is 0 Å². The number of hydrogen-bond donors (Lipinski definition) is 1. The predicted octanol–water partition coefficient (Wildman–Crippen LogP) is 2.01. The molecule has 0 aliphatic carbocycles. The molecule has 5 nitrogen and oxygen atoms in total. The molecule has 0 amide bonds. The molecule has 1 rings (SSSR count). The Morgan fingerprint density at radius 2 is 1.76 bits per heavy atom. The van der Waals surface area contributed by atoms with Gasteiger partial charge >= 0.3 is 0 Å². The van der Waals surface area contributed by atoms with Crippen molar-refractivity contribution in [1.82, 2.24) is 0 Å². The summed E-state index contributed by atoms with van der Waals surface area (Å²) in [5.41, 5.74) is 0.118. The predicted molar refractivity (Wildman–Crippen MR) is 62.4 cm³/mol. The Kier molecular flexibility index (Phi) is 4.20. The molecular formula is C12H16O5. The molecule has 0 spiro atoms. The summed E-state index contributed by atoms with van der Waals surface area (Å²) >= 11 is 0. The summed E-state index contributed by atoms with van der Waals surface area (Å²) in [5.74, 6) is 0.238. The summed E-state index contributed by atoms with van der Waals surface area (Å²) in [6, 6.07) is 1.52. The average molecular weight is 240 g/mol.